The van der Waals surface area contributed by atoms with Gasteiger partial charge in [-0.3, -0.25) is 0 Å². The lowest BCUT2D eigenvalue weighted by atomic mass is 10.2. The summed E-state index contributed by atoms with van der Waals surface area (Å²) in [6.45, 7) is 2.84. The summed E-state index contributed by atoms with van der Waals surface area (Å²) in [5.41, 5.74) is 1.20. The molecule has 0 unspecified atom stereocenters. The lowest BCUT2D eigenvalue weighted by molar-refractivity contribution is 0.236. The molecule has 0 aliphatic carbocycles. The highest BCUT2D eigenvalue weighted by Crippen LogP contribution is 2.00. The van der Waals surface area contributed by atoms with Gasteiger partial charge in [0, 0.05) is 0 Å². The maximum Gasteiger partial charge on any atom is 0.112 e. The Kier molecular flexibility index (Phi) is 6.90. The van der Waals surface area contributed by atoms with E-state index in [-0.39, 0.29) is 0 Å². The fourth-order valence-corrected chi connectivity index (χ4v) is 1.32. The number of ether oxygens (including phenoxy) is 1. The molecule has 1 rings (SSSR count). The third-order valence-electron chi connectivity index (χ3n) is 2.24. The average Bonchev–Trinajstić information content (AvgIpc) is 2.34. The monoisotopic (exact) mass is 216 g/mol. The second kappa shape index (κ2) is 8.78. The smallest absolute Gasteiger partial charge is 0.112 e. The van der Waals surface area contributed by atoms with Crippen LogP contribution in [0.2, 0.25) is 0 Å². The molecule has 0 saturated carbocycles. The van der Waals surface area contributed by atoms with Crippen LogP contribution in [-0.2, 0) is 11.3 Å². The maximum absolute atomic E-state index is 5.39. The maximum atomic E-state index is 5.39. The largest absolute Gasteiger partial charge is 0.497 e. The fraction of sp³-hybridized carbons (Fsp3) is 0.333. The van der Waals surface area contributed by atoms with Crippen LogP contribution in [0.4, 0.5) is 0 Å². The van der Waals surface area contributed by atoms with Gasteiger partial charge < -0.3 is 4.74 Å². The SMILES string of the molecule is CCCC/C=C/C=C\OCc1ccccc1. The molecule has 16 heavy (non-hydrogen) atoms. The average molecular weight is 216 g/mol. The molecule has 0 heterocycles. The molecule has 0 aliphatic heterocycles. The minimum absolute atomic E-state index is 0.639. The van der Waals surface area contributed by atoms with Crippen molar-refractivity contribution in [1.82, 2.24) is 0 Å². The van der Waals surface area contributed by atoms with E-state index >= 15 is 0 Å². The molecule has 1 heteroatoms. The predicted octanol–water partition coefficient (Wildman–Crippen LogP) is 4.46. The molecule has 1 nitrogen and oxygen atoms in total. The summed E-state index contributed by atoms with van der Waals surface area (Å²) in [6.07, 6.45) is 11.6. The summed E-state index contributed by atoms with van der Waals surface area (Å²) in [5.74, 6) is 0. The minimum Gasteiger partial charge on any atom is -0.497 e. The van der Waals surface area contributed by atoms with Gasteiger partial charge in [0.05, 0.1) is 6.26 Å². The van der Waals surface area contributed by atoms with Gasteiger partial charge in [-0.15, -0.1) is 0 Å². The Hall–Kier alpha value is -1.50. The van der Waals surface area contributed by atoms with Gasteiger partial charge in [0.1, 0.15) is 6.61 Å². The highest BCUT2D eigenvalue weighted by atomic mass is 16.5. The van der Waals surface area contributed by atoms with Gasteiger partial charge in [-0.2, -0.15) is 0 Å². The van der Waals surface area contributed by atoms with E-state index in [4.69, 9.17) is 4.74 Å². The van der Waals surface area contributed by atoms with Crippen molar-refractivity contribution in [2.75, 3.05) is 0 Å². The second-order valence-corrected chi connectivity index (χ2v) is 3.70. The van der Waals surface area contributed by atoms with Crippen LogP contribution in [0.15, 0.2) is 54.8 Å². The molecule has 0 atom stereocenters. The Morgan fingerprint density at radius 2 is 1.94 bits per heavy atom. The second-order valence-electron chi connectivity index (χ2n) is 3.70. The first kappa shape index (κ1) is 12.6. The Morgan fingerprint density at radius 1 is 1.12 bits per heavy atom. The highest BCUT2D eigenvalue weighted by Gasteiger charge is 1.86. The topological polar surface area (TPSA) is 9.23 Å². The van der Waals surface area contributed by atoms with E-state index in [0.717, 1.165) is 6.42 Å². The van der Waals surface area contributed by atoms with E-state index in [2.05, 4.69) is 25.1 Å². The van der Waals surface area contributed by atoms with Crippen molar-refractivity contribution in [3.63, 3.8) is 0 Å². The number of hydrogen-bond acceptors (Lipinski definition) is 1. The molecular formula is C15H20O. The summed E-state index contributed by atoms with van der Waals surface area (Å²) >= 11 is 0. The van der Waals surface area contributed by atoms with Crippen LogP contribution in [-0.4, -0.2) is 0 Å². The molecular weight excluding hydrogens is 196 g/mol. The lowest BCUT2D eigenvalue weighted by Crippen LogP contribution is -1.84. The van der Waals surface area contributed by atoms with Gasteiger partial charge in [-0.25, -0.2) is 0 Å². The summed E-state index contributed by atoms with van der Waals surface area (Å²) in [5, 5.41) is 0. The molecule has 0 radical (unpaired) electrons. The summed E-state index contributed by atoms with van der Waals surface area (Å²) in [6, 6.07) is 10.2. The molecule has 1 aromatic rings. The van der Waals surface area contributed by atoms with E-state index in [0.29, 0.717) is 6.61 Å². The van der Waals surface area contributed by atoms with Gasteiger partial charge in [0.2, 0.25) is 0 Å². The van der Waals surface area contributed by atoms with E-state index < -0.39 is 0 Å². The molecule has 0 aromatic heterocycles. The van der Waals surface area contributed by atoms with Crippen molar-refractivity contribution in [1.29, 1.82) is 0 Å². The zero-order valence-corrected chi connectivity index (χ0v) is 9.93. The van der Waals surface area contributed by atoms with Crippen LogP contribution in [0.5, 0.6) is 0 Å². The summed E-state index contributed by atoms with van der Waals surface area (Å²) in [7, 11) is 0. The predicted molar refractivity (Wildman–Crippen MR) is 69.0 cm³/mol. The van der Waals surface area contributed by atoms with E-state index in [1.165, 1.54) is 18.4 Å². The van der Waals surface area contributed by atoms with E-state index in [9.17, 15) is 0 Å². The van der Waals surface area contributed by atoms with Crippen molar-refractivity contribution in [2.24, 2.45) is 0 Å². The van der Waals surface area contributed by atoms with E-state index in [1.807, 2.05) is 30.4 Å². The minimum atomic E-state index is 0.639. The molecule has 0 saturated heterocycles. The van der Waals surface area contributed by atoms with Crippen molar-refractivity contribution >= 4 is 0 Å². The zero-order valence-electron chi connectivity index (χ0n) is 9.93. The number of allylic oxidation sites excluding steroid dienone is 3. The number of rotatable bonds is 7. The van der Waals surface area contributed by atoms with Crippen molar-refractivity contribution in [2.45, 2.75) is 32.8 Å². The van der Waals surface area contributed by atoms with Crippen LogP contribution in [0.25, 0.3) is 0 Å². The van der Waals surface area contributed by atoms with Crippen LogP contribution in [0.3, 0.4) is 0 Å². The van der Waals surface area contributed by atoms with Gasteiger partial charge in [-0.1, -0.05) is 62.2 Å². The van der Waals surface area contributed by atoms with Gasteiger partial charge in [0.25, 0.3) is 0 Å². The molecule has 0 fully saturated rings. The molecule has 86 valence electrons. The van der Waals surface area contributed by atoms with Crippen molar-refractivity contribution < 1.29 is 4.74 Å². The Morgan fingerprint density at radius 3 is 2.69 bits per heavy atom. The molecule has 0 amide bonds. The first-order valence-corrected chi connectivity index (χ1v) is 5.90. The van der Waals surface area contributed by atoms with Gasteiger partial charge in [0.15, 0.2) is 0 Å². The van der Waals surface area contributed by atoms with E-state index in [1.54, 1.807) is 6.26 Å². The number of unbranched alkanes of at least 4 members (excludes halogenated alkanes) is 2. The molecule has 0 aliphatic rings. The van der Waals surface area contributed by atoms with Crippen molar-refractivity contribution in [3.8, 4) is 0 Å². The van der Waals surface area contributed by atoms with Crippen LogP contribution >= 0.6 is 0 Å². The first-order chi connectivity index (χ1) is 7.93. The zero-order chi connectivity index (χ0) is 11.5. The number of benzene rings is 1. The molecule has 1 aromatic carbocycles. The normalized spacial score (nSPS) is 11.3. The van der Waals surface area contributed by atoms with Gasteiger partial charge in [-0.05, 0) is 18.1 Å². The quantitative estimate of drug-likeness (QED) is 0.371. The van der Waals surface area contributed by atoms with Gasteiger partial charge >= 0.3 is 0 Å². The summed E-state index contributed by atoms with van der Waals surface area (Å²) in [4.78, 5) is 0. The van der Waals surface area contributed by atoms with Crippen LogP contribution in [0.1, 0.15) is 31.7 Å². The fourth-order valence-electron chi connectivity index (χ4n) is 1.32. The summed E-state index contributed by atoms with van der Waals surface area (Å²) < 4.78 is 5.39. The van der Waals surface area contributed by atoms with Crippen LogP contribution < -0.4 is 0 Å². The number of hydrogen-bond donors (Lipinski definition) is 0. The Balaban J connectivity index is 2.11. The third kappa shape index (κ3) is 6.07. The molecule has 0 bridgehead atoms. The molecule has 0 N–H and O–H groups in total. The standard InChI is InChI=1S/C15H20O/c1-2-3-4-5-6-10-13-16-14-15-11-8-7-9-12-15/h5-13H,2-4,14H2,1H3/b6-5+,13-10-. The Bertz CT molecular complexity index is 311. The van der Waals surface area contributed by atoms with Crippen LogP contribution in [0, 0.1) is 0 Å². The lowest BCUT2D eigenvalue weighted by Gasteiger charge is -1.99. The first-order valence-electron chi connectivity index (χ1n) is 5.90. The third-order valence-corrected chi connectivity index (χ3v) is 2.24. The Labute approximate surface area is 98.5 Å². The highest BCUT2D eigenvalue weighted by molar-refractivity contribution is 5.13. The molecule has 0 spiro atoms. The van der Waals surface area contributed by atoms with Crippen molar-refractivity contribution in [3.05, 3.63) is 60.4 Å².